The molecule has 2 aromatic rings. The summed E-state index contributed by atoms with van der Waals surface area (Å²) < 4.78 is 0. The first kappa shape index (κ1) is 15.3. The molecule has 1 aliphatic heterocycles. The van der Waals surface area contributed by atoms with E-state index >= 15 is 0 Å². The van der Waals surface area contributed by atoms with Gasteiger partial charge in [0.15, 0.2) is 0 Å². The topological polar surface area (TPSA) is 44.1 Å². The smallest absolute Gasteiger partial charge is 0.255 e. The third-order valence-electron chi connectivity index (χ3n) is 4.79. The van der Waals surface area contributed by atoms with E-state index in [1.807, 2.05) is 48.2 Å². The van der Waals surface area contributed by atoms with Crippen molar-refractivity contribution in [2.75, 3.05) is 6.54 Å². The van der Waals surface area contributed by atoms with Gasteiger partial charge in [0.2, 0.25) is 0 Å². The molecule has 1 unspecified atom stereocenters. The molecule has 2 aromatic carbocycles. The molecule has 0 aromatic heterocycles. The Kier molecular flexibility index (Phi) is 3.92. The van der Waals surface area contributed by atoms with E-state index in [4.69, 9.17) is 0 Å². The van der Waals surface area contributed by atoms with Crippen molar-refractivity contribution in [1.29, 1.82) is 5.26 Å². The largest absolute Gasteiger partial charge is 0.332 e. The van der Waals surface area contributed by atoms with Crippen molar-refractivity contribution >= 4 is 22.3 Å². The Morgan fingerprint density at radius 1 is 1.13 bits per heavy atom. The second-order valence-electron chi connectivity index (χ2n) is 5.89. The lowest BCUT2D eigenvalue weighted by Crippen LogP contribution is -2.34. The molecule has 3 nitrogen and oxygen atoms in total. The zero-order valence-electron chi connectivity index (χ0n) is 13.8. The Morgan fingerprint density at radius 3 is 2.39 bits per heavy atom. The van der Waals surface area contributed by atoms with Crippen molar-refractivity contribution in [2.24, 2.45) is 0 Å². The van der Waals surface area contributed by atoms with Crippen LogP contribution in [-0.2, 0) is 4.79 Å². The Balaban J connectivity index is 2.28. The maximum absolute atomic E-state index is 12.9. The third-order valence-corrected chi connectivity index (χ3v) is 4.79. The quantitative estimate of drug-likeness (QED) is 0.856. The number of nitrogens with zero attached hydrogens (tertiary/aromatic N) is 2. The van der Waals surface area contributed by atoms with Gasteiger partial charge in [-0.2, -0.15) is 5.26 Å². The molecule has 116 valence electrons. The zero-order chi connectivity index (χ0) is 16.6. The first-order valence-corrected chi connectivity index (χ1v) is 8.07. The average molecular weight is 304 g/mol. The van der Waals surface area contributed by atoms with Gasteiger partial charge < -0.3 is 4.90 Å². The van der Waals surface area contributed by atoms with Crippen molar-refractivity contribution in [2.45, 2.75) is 33.2 Å². The van der Waals surface area contributed by atoms with Crippen molar-refractivity contribution in [3.05, 3.63) is 53.1 Å². The van der Waals surface area contributed by atoms with E-state index in [1.54, 1.807) is 0 Å². The predicted octanol–water partition coefficient (Wildman–Crippen LogP) is 4.13. The average Bonchev–Trinajstić information content (AvgIpc) is 2.83. The summed E-state index contributed by atoms with van der Waals surface area (Å²) in [6.07, 6.45) is 0.920. The minimum atomic E-state index is 0.103. The first-order valence-electron chi connectivity index (χ1n) is 8.07. The van der Waals surface area contributed by atoms with Gasteiger partial charge in [0, 0.05) is 17.5 Å². The molecule has 3 heteroatoms. The third kappa shape index (κ3) is 2.22. The van der Waals surface area contributed by atoms with Gasteiger partial charge >= 0.3 is 0 Å². The molecule has 3 rings (SSSR count). The van der Waals surface area contributed by atoms with Crippen molar-refractivity contribution in [1.82, 2.24) is 4.90 Å². The Bertz CT molecular complexity index is 858. The van der Waals surface area contributed by atoms with Gasteiger partial charge in [0.25, 0.3) is 5.91 Å². The summed E-state index contributed by atoms with van der Waals surface area (Å²) in [6, 6.07) is 14.0. The number of hydrogen-bond acceptors (Lipinski definition) is 2. The maximum Gasteiger partial charge on any atom is 0.255 e. The van der Waals surface area contributed by atoms with Crippen molar-refractivity contribution in [3.8, 4) is 6.07 Å². The minimum Gasteiger partial charge on any atom is -0.332 e. The van der Waals surface area contributed by atoms with Gasteiger partial charge in [-0.3, -0.25) is 4.79 Å². The fourth-order valence-electron chi connectivity index (χ4n) is 3.69. The molecule has 0 saturated heterocycles. The number of carbonyl (C=O) groups excluding carboxylic acids is 1. The van der Waals surface area contributed by atoms with Crippen LogP contribution in [0.1, 0.15) is 38.3 Å². The maximum atomic E-state index is 12.9. The van der Waals surface area contributed by atoms with Crippen LogP contribution in [0, 0.1) is 11.3 Å². The molecular weight excluding hydrogens is 284 g/mol. The highest BCUT2D eigenvalue weighted by molar-refractivity contribution is 6.26. The first-order chi connectivity index (χ1) is 11.1. The van der Waals surface area contributed by atoms with Crippen LogP contribution in [0.25, 0.3) is 16.3 Å². The molecule has 23 heavy (non-hydrogen) atoms. The summed E-state index contributed by atoms with van der Waals surface area (Å²) in [5, 5.41) is 11.2. The molecule has 0 fully saturated rings. The molecule has 1 atom stereocenters. The van der Waals surface area contributed by atoms with Crippen LogP contribution in [-0.4, -0.2) is 23.4 Å². The molecule has 0 radical (unpaired) electrons. The van der Waals surface area contributed by atoms with Gasteiger partial charge in [-0.1, -0.05) is 37.3 Å². The summed E-state index contributed by atoms with van der Waals surface area (Å²) in [5.41, 5.74) is 3.53. The summed E-state index contributed by atoms with van der Waals surface area (Å²) in [4.78, 5) is 14.9. The van der Waals surface area contributed by atoms with E-state index in [2.05, 4.69) is 19.9 Å². The summed E-state index contributed by atoms with van der Waals surface area (Å²) >= 11 is 0. The molecule has 1 amide bonds. The highest BCUT2D eigenvalue weighted by Crippen LogP contribution is 2.37. The lowest BCUT2D eigenvalue weighted by atomic mass is 9.92. The number of nitriles is 1. The molecule has 0 bridgehead atoms. The van der Waals surface area contributed by atoms with Crippen molar-refractivity contribution < 1.29 is 4.79 Å². The fourth-order valence-corrected chi connectivity index (χ4v) is 3.69. The number of fused-ring (bicyclic) bond motifs is 1. The van der Waals surface area contributed by atoms with Gasteiger partial charge in [-0.25, -0.2) is 0 Å². The van der Waals surface area contributed by atoms with Crippen LogP contribution in [0.4, 0.5) is 0 Å². The summed E-state index contributed by atoms with van der Waals surface area (Å²) in [6.45, 7) is 6.91. The van der Waals surface area contributed by atoms with E-state index in [9.17, 15) is 10.1 Å². The number of amides is 1. The summed E-state index contributed by atoms with van der Waals surface area (Å²) in [5.74, 6) is 0.103. The van der Waals surface area contributed by atoms with Crippen molar-refractivity contribution in [3.63, 3.8) is 0 Å². The van der Waals surface area contributed by atoms with E-state index < -0.39 is 0 Å². The van der Waals surface area contributed by atoms with Crippen LogP contribution in [0.2, 0.25) is 0 Å². The number of hydrogen-bond donors (Lipinski definition) is 0. The number of likely N-dealkylation sites (N-methyl/N-ethyl adjacent to an activating group) is 1. The number of benzene rings is 2. The standard InChI is InChI=1S/C20H20N2O/c1-4-18-13(3)19(20(23)22(18)5-2)17-11-10-14(12-21)15-8-6-7-9-16(15)17/h6-11,18H,4-5H2,1-3H3. The monoisotopic (exact) mass is 304 g/mol. The van der Waals surface area contributed by atoms with E-state index in [0.717, 1.165) is 33.9 Å². The van der Waals surface area contributed by atoms with Crippen LogP contribution in [0.15, 0.2) is 42.0 Å². The minimum absolute atomic E-state index is 0.103. The highest BCUT2D eigenvalue weighted by Gasteiger charge is 2.36. The molecule has 0 aliphatic carbocycles. The van der Waals surface area contributed by atoms with E-state index in [0.29, 0.717) is 12.1 Å². The van der Waals surface area contributed by atoms with Crippen LogP contribution in [0.5, 0.6) is 0 Å². The second-order valence-corrected chi connectivity index (χ2v) is 5.89. The summed E-state index contributed by atoms with van der Waals surface area (Å²) in [7, 11) is 0. The highest BCUT2D eigenvalue weighted by atomic mass is 16.2. The molecule has 0 N–H and O–H groups in total. The molecular formula is C20H20N2O. The van der Waals surface area contributed by atoms with Crippen LogP contribution < -0.4 is 0 Å². The Hall–Kier alpha value is -2.60. The number of rotatable bonds is 3. The van der Waals surface area contributed by atoms with Crippen LogP contribution >= 0.6 is 0 Å². The predicted molar refractivity (Wildman–Crippen MR) is 92.7 cm³/mol. The lowest BCUT2D eigenvalue weighted by Gasteiger charge is -2.23. The normalized spacial score (nSPS) is 17.9. The van der Waals surface area contributed by atoms with Gasteiger partial charge in [0.1, 0.15) is 0 Å². The molecule has 1 heterocycles. The Morgan fingerprint density at radius 2 is 1.83 bits per heavy atom. The van der Waals surface area contributed by atoms with Crippen LogP contribution in [0.3, 0.4) is 0 Å². The Labute approximate surface area is 136 Å². The van der Waals surface area contributed by atoms with E-state index in [1.165, 1.54) is 0 Å². The van der Waals surface area contributed by atoms with Gasteiger partial charge in [-0.15, -0.1) is 0 Å². The SMILES string of the molecule is CCC1C(C)=C(c2ccc(C#N)c3ccccc23)C(=O)N1CC. The van der Waals surface area contributed by atoms with E-state index in [-0.39, 0.29) is 11.9 Å². The molecule has 0 saturated carbocycles. The number of carbonyl (C=O) groups is 1. The van der Waals surface area contributed by atoms with Gasteiger partial charge in [0.05, 0.1) is 17.7 Å². The molecule has 1 aliphatic rings. The lowest BCUT2D eigenvalue weighted by molar-refractivity contribution is -0.125. The fraction of sp³-hybridized carbons (Fsp3) is 0.300. The molecule has 0 spiro atoms. The zero-order valence-corrected chi connectivity index (χ0v) is 13.8. The van der Waals surface area contributed by atoms with Gasteiger partial charge in [-0.05, 0) is 42.9 Å². The second kappa shape index (κ2) is 5.89.